The number of carbonyl (C=O) groups is 1. The molecule has 246 valence electrons. The Morgan fingerprint density at radius 2 is 0.894 bits per heavy atom. The summed E-state index contributed by atoms with van der Waals surface area (Å²) in [6, 6.07) is 42.5. The molecule has 0 aliphatic heterocycles. The van der Waals surface area contributed by atoms with Crippen LogP contribution in [-0.2, 0) is 13.6 Å². The minimum atomic E-state index is -2.83. The van der Waals surface area contributed by atoms with Gasteiger partial charge in [-0.25, -0.2) is 0 Å². The van der Waals surface area contributed by atoms with Crippen molar-refractivity contribution < 1.29 is 13.6 Å². The van der Waals surface area contributed by atoms with E-state index < -0.39 is 22.7 Å². The van der Waals surface area contributed by atoms with Gasteiger partial charge in [-0.15, -0.1) is 0 Å². The van der Waals surface area contributed by atoms with Crippen molar-refractivity contribution in [2.24, 2.45) is 0 Å². The highest BCUT2D eigenvalue weighted by Crippen LogP contribution is 2.39. The second-order valence-electron chi connectivity index (χ2n) is 14.2. The van der Waals surface area contributed by atoms with Crippen LogP contribution in [0, 0.1) is 0 Å². The number of rotatable bonds is 14. The SMILES string of the molecule is CC[C@H](/C=C/C=C\C[C@H](C=O)O[Si](c1ccccc1)(c1ccccc1)C(C)(C)C)O[Si](c1ccccc1)(c1ccccc1)C(C)(C)C. The van der Waals surface area contributed by atoms with Gasteiger partial charge in [-0.2, -0.15) is 0 Å². The van der Waals surface area contributed by atoms with Gasteiger partial charge in [0.2, 0.25) is 0 Å². The van der Waals surface area contributed by atoms with Crippen molar-refractivity contribution in [1.82, 2.24) is 0 Å². The number of allylic oxidation sites excluding steroid dienone is 2. The Morgan fingerprint density at radius 3 is 1.19 bits per heavy atom. The predicted molar refractivity (Wildman–Crippen MR) is 204 cm³/mol. The molecule has 0 saturated heterocycles. The van der Waals surface area contributed by atoms with Gasteiger partial charge in [-0.1, -0.05) is 194 Å². The van der Waals surface area contributed by atoms with Crippen LogP contribution in [0.15, 0.2) is 146 Å². The summed E-state index contributed by atoms with van der Waals surface area (Å²) in [5, 5.41) is 4.59. The van der Waals surface area contributed by atoms with Crippen LogP contribution in [0.3, 0.4) is 0 Å². The van der Waals surface area contributed by atoms with Crippen molar-refractivity contribution in [3.63, 3.8) is 0 Å². The molecule has 0 heterocycles. The summed E-state index contributed by atoms with van der Waals surface area (Å²) in [5.74, 6) is 0. The molecule has 0 radical (unpaired) electrons. The molecule has 5 heteroatoms. The van der Waals surface area contributed by atoms with Gasteiger partial charge in [-0.3, -0.25) is 0 Å². The summed E-state index contributed by atoms with van der Waals surface area (Å²) in [5.41, 5.74) is 0. The van der Waals surface area contributed by atoms with Crippen LogP contribution >= 0.6 is 0 Å². The van der Waals surface area contributed by atoms with Crippen LogP contribution in [0.1, 0.15) is 61.3 Å². The molecule has 0 aliphatic rings. The molecule has 0 saturated carbocycles. The minimum absolute atomic E-state index is 0.0684. The van der Waals surface area contributed by atoms with Gasteiger partial charge in [0.1, 0.15) is 12.4 Å². The average molecular weight is 661 g/mol. The maximum Gasteiger partial charge on any atom is 0.262 e. The Kier molecular flexibility index (Phi) is 12.3. The largest absolute Gasteiger partial charge is 0.401 e. The highest BCUT2D eigenvalue weighted by atomic mass is 28.4. The average Bonchev–Trinajstić information content (AvgIpc) is 3.08. The molecule has 4 aromatic rings. The summed E-state index contributed by atoms with van der Waals surface area (Å²) < 4.78 is 14.4. The molecule has 3 nitrogen and oxygen atoms in total. The zero-order valence-electron chi connectivity index (χ0n) is 29.2. The Labute approximate surface area is 285 Å². The molecule has 4 aromatic carbocycles. The highest BCUT2D eigenvalue weighted by Gasteiger charge is 2.52. The second kappa shape index (κ2) is 16.0. The van der Waals surface area contributed by atoms with Crippen molar-refractivity contribution in [3.8, 4) is 0 Å². The fraction of sp³-hybridized carbons (Fsp3) is 0.310. The van der Waals surface area contributed by atoms with E-state index in [2.05, 4.69) is 170 Å². The van der Waals surface area contributed by atoms with E-state index in [4.69, 9.17) is 8.85 Å². The molecule has 0 amide bonds. The minimum Gasteiger partial charge on any atom is -0.401 e. The quantitative estimate of drug-likeness (QED) is 0.0782. The normalized spacial score (nSPS) is 14.4. The lowest BCUT2D eigenvalue weighted by Crippen LogP contribution is -2.67. The maximum atomic E-state index is 12.5. The van der Waals surface area contributed by atoms with E-state index in [1.165, 1.54) is 20.7 Å². The Balaban J connectivity index is 1.58. The Bertz CT molecular complexity index is 1490. The first-order valence-corrected chi connectivity index (χ1v) is 20.7. The number of hydrogen-bond donors (Lipinski definition) is 0. The summed E-state index contributed by atoms with van der Waals surface area (Å²) in [6.45, 7) is 15.8. The third kappa shape index (κ3) is 8.10. The molecule has 47 heavy (non-hydrogen) atoms. The van der Waals surface area contributed by atoms with Gasteiger partial charge < -0.3 is 13.6 Å². The number of carbonyl (C=O) groups excluding carboxylic acids is 1. The number of hydrogen-bond acceptors (Lipinski definition) is 3. The molecule has 0 N–H and O–H groups in total. The van der Waals surface area contributed by atoms with Gasteiger partial charge in [0.15, 0.2) is 0 Å². The summed E-state index contributed by atoms with van der Waals surface area (Å²) >= 11 is 0. The van der Waals surface area contributed by atoms with Crippen LogP contribution < -0.4 is 20.7 Å². The summed E-state index contributed by atoms with van der Waals surface area (Å²) in [7, 11) is -5.51. The molecule has 0 aromatic heterocycles. The molecular formula is C42H52O3Si2. The fourth-order valence-corrected chi connectivity index (χ4v) is 16.0. The third-order valence-electron chi connectivity index (χ3n) is 8.99. The standard InChI is InChI=1S/C42H52O3Si2/c1-8-35(44-46(41(2,3)4,37-26-16-10-17-27-37)38-28-18-11-19-29-38)24-14-9-15-25-36(34-43)45-47(42(5,6)7,39-30-20-12-21-31-39)40-32-22-13-23-33-40/h9-24,26-36H,8,25H2,1-7H3/b15-9-,24-14+/t35-,36-/m1/s1. The smallest absolute Gasteiger partial charge is 0.262 e. The predicted octanol–water partition coefficient (Wildman–Crippen LogP) is 7.99. The van der Waals surface area contributed by atoms with Crippen molar-refractivity contribution in [2.75, 3.05) is 0 Å². The van der Waals surface area contributed by atoms with E-state index in [1.54, 1.807) is 0 Å². The summed E-state index contributed by atoms with van der Waals surface area (Å²) in [4.78, 5) is 12.5. The van der Waals surface area contributed by atoms with Crippen LogP contribution in [0.25, 0.3) is 0 Å². The summed E-state index contributed by atoms with van der Waals surface area (Å²) in [6.07, 6.45) is 9.97. The zero-order chi connectivity index (χ0) is 34.0. The van der Waals surface area contributed by atoms with Crippen molar-refractivity contribution >= 4 is 43.7 Å². The lowest BCUT2D eigenvalue weighted by atomic mass is 10.2. The Hall–Kier alpha value is -3.62. The molecule has 0 spiro atoms. The van der Waals surface area contributed by atoms with Crippen LogP contribution in [0.2, 0.25) is 10.1 Å². The highest BCUT2D eigenvalue weighted by molar-refractivity contribution is 7.00. The van der Waals surface area contributed by atoms with E-state index in [0.29, 0.717) is 6.42 Å². The molecule has 2 atom stereocenters. The van der Waals surface area contributed by atoms with Crippen molar-refractivity contribution in [3.05, 3.63) is 146 Å². The first-order valence-electron chi connectivity index (χ1n) is 16.9. The van der Waals surface area contributed by atoms with Gasteiger partial charge in [0, 0.05) is 0 Å². The van der Waals surface area contributed by atoms with Gasteiger partial charge >= 0.3 is 0 Å². The maximum absolute atomic E-state index is 12.5. The van der Waals surface area contributed by atoms with Gasteiger partial charge in [0.25, 0.3) is 16.6 Å². The fourth-order valence-electron chi connectivity index (χ4n) is 6.71. The third-order valence-corrected chi connectivity index (χ3v) is 19.1. The second-order valence-corrected chi connectivity index (χ2v) is 22.7. The molecular weight excluding hydrogens is 609 g/mol. The first-order chi connectivity index (χ1) is 22.5. The van der Waals surface area contributed by atoms with E-state index >= 15 is 0 Å². The topological polar surface area (TPSA) is 35.5 Å². The van der Waals surface area contributed by atoms with E-state index in [0.717, 1.165) is 12.7 Å². The van der Waals surface area contributed by atoms with Crippen molar-refractivity contribution in [2.45, 2.75) is 83.6 Å². The van der Waals surface area contributed by atoms with Gasteiger partial charge in [-0.05, 0) is 43.7 Å². The van der Waals surface area contributed by atoms with Crippen LogP contribution in [0.4, 0.5) is 0 Å². The van der Waals surface area contributed by atoms with Crippen molar-refractivity contribution in [1.29, 1.82) is 0 Å². The molecule has 0 unspecified atom stereocenters. The Morgan fingerprint density at radius 1 is 0.553 bits per heavy atom. The molecule has 0 fully saturated rings. The first kappa shape index (κ1) is 36.2. The lowest BCUT2D eigenvalue weighted by molar-refractivity contribution is -0.113. The number of aldehydes is 1. The van der Waals surface area contributed by atoms with E-state index in [9.17, 15) is 4.79 Å². The monoisotopic (exact) mass is 660 g/mol. The molecule has 0 aliphatic carbocycles. The number of benzene rings is 4. The van der Waals surface area contributed by atoms with E-state index in [1.807, 2.05) is 24.3 Å². The lowest BCUT2D eigenvalue weighted by Gasteiger charge is -2.44. The van der Waals surface area contributed by atoms with Crippen LogP contribution in [0.5, 0.6) is 0 Å². The zero-order valence-corrected chi connectivity index (χ0v) is 31.2. The van der Waals surface area contributed by atoms with E-state index in [-0.39, 0.29) is 16.2 Å². The van der Waals surface area contributed by atoms with Gasteiger partial charge in [0.05, 0.1) is 6.10 Å². The van der Waals surface area contributed by atoms with Crippen LogP contribution in [-0.4, -0.2) is 35.1 Å². The molecule has 0 bridgehead atoms. The molecule has 4 rings (SSSR count).